The minimum atomic E-state index is 0.403. The number of aryl methyl sites for hydroxylation is 2. The van der Waals surface area contributed by atoms with Gasteiger partial charge in [-0.1, -0.05) is 30.2 Å². The average molecular weight is 290 g/mol. The van der Waals surface area contributed by atoms with Crippen molar-refractivity contribution in [2.75, 3.05) is 0 Å². The molecule has 0 saturated heterocycles. The average Bonchev–Trinajstić information content (AvgIpc) is 2.87. The molecule has 3 aromatic rings. The highest BCUT2D eigenvalue weighted by molar-refractivity contribution is 5.76. The molecule has 0 aliphatic rings. The molecule has 110 valence electrons. The van der Waals surface area contributed by atoms with Gasteiger partial charge in [0.15, 0.2) is 0 Å². The molecule has 3 rings (SSSR count). The molecule has 3 nitrogen and oxygen atoms in total. The number of benzene rings is 2. The zero-order valence-electron chi connectivity index (χ0n) is 12.8. The molecule has 0 unspecified atom stereocenters. The molecule has 0 N–H and O–H groups in total. The van der Waals surface area contributed by atoms with Crippen LogP contribution in [0.5, 0.6) is 5.75 Å². The Morgan fingerprint density at radius 3 is 2.82 bits per heavy atom. The number of hydrogen-bond donors (Lipinski definition) is 0. The number of fused-ring (bicyclic) bond motifs is 1. The molecule has 2 aromatic carbocycles. The number of rotatable bonds is 4. The first kappa shape index (κ1) is 14.2. The largest absolute Gasteiger partial charge is 0.485 e. The van der Waals surface area contributed by atoms with Crippen LogP contribution in [0.15, 0.2) is 42.5 Å². The van der Waals surface area contributed by atoms with Crippen molar-refractivity contribution in [2.45, 2.75) is 27.0 Å². The van der Waals surface area contributed by atoms with Crippen LogP contribution in [0.1, 0.15) is 17.0 Å². The fourth-order valence-corrected chi connectivity index (χ4v) is 2.51. The van der Waals surface area contributed by atoms with Crippen LogP contribution in [0.3, 0.4) is 0 Å². The van der Waals surface area contributed by atoms with Crippen LogP contribution in [0, 0.1) is 26.2 Å². The van der Waals surface area contributed by atoms with Crippen molar-refractivity contribution in [3.8, 4) is 18.1 Å². The number of nitrogens with zero attached hydrogens (tertiary/aromatic N) is 2. The summed E-state index contributed by atoms with van der Waals surface area (Å²) >= 11 is 0. The molecule has 0 aliphatic carbocycles. The van der Waals surface area contributed by atoms with E-state index in [4.69, 9.17) is 11.2 Å². The van der Waals surface area contributed by atoms with Crippen molar-refractivity contribution in [1.29, 1.82) is 0 Å². The first-order valence-corrected chi connectivity index (χ1v) is 7.26. The third-order valence-electron chi connectivity index (χ3n) is 3.68. The summed E-state index contributed by atoms with van der Waals surface area (Å²) in [5.41, 5.74) is 4.28. The van der Waals surface area contributed by atoms with Crippen LogP contribution >= 0.6 is 0 Å². The summed E-state index contributed by atoms with van der Waals surface area (Å²) in [6.45, 7) is 4.99. The van der Waals surface area contributed by atoms with Gasteiger partial charge in [-0.25, -0.2) is 4.98 Å². The van der Waals surface area contributed by atoms with Crippen LogP contribution in [0.2, 0.25) is 0 Å². The van der Waals surface area contributed by atoms with Crippen molar-refractivity contribution in [1.82, 2.24) is 9.55 Å². The molecular formula is C19H18N2O. The molecule has 1 aromatic heterocycles. The van der Waals surface area contributed by atoms with E-state index in [1.807, 2.05) is 41.8 Å². The smallest absolute Gasteiger partial charge is 0.148 e. The maximum Gasteiger partial charge on any atom is 0.148 e. The highest BCUT2D eigenvalue weighted by atomic mass is 16.5. The SMILES string of the molecule is C#CCn1c(COc2cc(C)ccc2C)nc2ccccc21. The van der Waals surface area contributed by atoms with Crippen LogP contribution in [-0.2, 0) is 13.2 Å². The summed E-state index contributed by atoms with van der Waals surface area (Å²) in [6.07, 6.45) is 5.49. The van der Waals surface area contributed by atoms with Crippen LogP contribution < -0.4 is 4.74 Å². The molecule has 0 atom stereocenters. The Kier molecular flexibility index (Phi) is 3.84. The second-order valence-corrected chi connectivity index (χ2v) is 5.36. The maximum atomic E-state index is 5.97. The molecule has 0 fully saturated rings. The van der Waals surface area contributed by atoms with Gasteiger partial charge in [0.05, 0.1) is 17.6 Å². The first-order chi connectivity index (χ1) is 10.7. The molecule has 22 heavy (non-hydrogen) atoms. The van der Waals surface area contributed by atoms with Crippen molar-refractivity contribution >= 4 is 11.0 Å². The lowest BCUT2D eigenvalue weighted by Crippen LogP contribution is -2.07. The number of hydrogen-bond acceptors (Lipinski definition) is 2. The van der Waals surface area contributed by atoms with E-state index in [1.54, 1.807) is 0 Å². The predicted molar refractivity (Wildman–Crippen MR) is 88.8 cm³/mol. The van der Waals surface area contributed by atoms with E-state index in [0.29, 0.717) is 13.2 Å². The fourth-order valence-electron chi connectivity index (χ4n) is 2.51. The van der Waals surface area contributed by atoms with E-state index in [-0.39, 0.29) is 0 Å². The van der Waals surface area contributed by atoms with Gasteiger partial charge in [0, 0.05) is 0 Å². The Labute approximate surface area is 130 Å². The molecular weight excluding hydrogens is 272 g/mol. The Balaban J connectivity index is 1.92. The molecule has 1 heterocycles. The van der Waals surface area contributed by atoms with E-state index < -0.39 is 0 Å². The Bertz CT molecular complexity index is 855. The van der Waals surface area contributed by atoms with E-state index in [9.17, 15) is 0 Å². The zero-order chi connectivity index (χ0) is 15.5. The zero-order valence-corrected chi connectivity index (χ0v) is 12.8. The Hall–Kier alpha value is -2.73. The molecule has 3 heteroatoms. The maximum absolute atomic E-state index is 5.97. The van der Waals surface area contributed by atoms with Crippen molar-refractivity contribution in [2.24, 2.45) is 0 Å². The van der Waals surface area contributed by atoms with E-state index in [2.05, 4.69) is 30.0 Å². The van der Waals surface area contributed by atoms with Gasteiger partial charge in [-0.15, -0.1) is 6.42 Å². The number of aromatic nitrogens is 2. The molecule has 0 saturated carbocycles. The number of imidazole rings is 1. The number of para-hydroxylation sites is 2. The summed E-state index contributed by atoms with van der Waals surface area (Å²) in [5.74, 6) is 4.42. The second-order valence-electron chi connectivity index (χ2n) is 5.36. The Morgan fingerprint density at radius 1 is 1.18 bits per heavy atom. The number of terminal acetylenes is 1. The molecule has 0 amide bonds. The van der Waals surface area contributed by atoms with E-state index >= 15 is 0 Å². The van der Waals surface area contributed by atoms with Gasteiger partial charge in [0.2, 0.25) is 0 Å². The van der Waals surface area contributed by atoms with Gasteiger partial charge in [-0.3, -0.25) is 0 Å². The second kappa shape index (κ2) is 5.95. The van der Waals surface area contributed by atoms with E-state index in [1.165, 1.54) is 5.56 Å². The lowest BCUT2D eigenvalue weighted by Gasteiger charge is -2.10. The lowest BCUT2D eigenvalue weighted by molar-refractivity contribution is 0.289. The van der Waals surface area contributed by atoms with Crippen LogP contribution in [0.4, 0.5) is 0 Å². The fraction of sp³-hybridized carbons (Fsp3) is 0.211. The highest BCUT2D eigenvalue weighted by Crippen LogP contribution is 2.22. The van der Waals surface area contributed by atoms with Gasteiger partial charge in [0.1, 0.15) is 18.2 Å². The number of ether oxygens (including phenoxy) is 1. The van der Waals surface area contributed by atoms with Crippen LogP contribution in [0.25, 0.3) is 11.0 Å². The minimum Gasteiger partial charge on any atom is -0.485 e. The van der Waals surface area contributed by atoms with Crippen molar-refractivity contribution in [3.05, 3.63) is 59.4 Å². The van der Waals surface area contributed by atoms with Gasteiger partial charge in [0.25, 0.3) is 0 Å². The quantitative estimate of drug-likeness (QED) is 0.682. The monoisotopic (exact) mass is 290 g/mol. The molecule has 0 radical (unpaired) electrons. The van der Waals surface area contributed by atoms with Gasteiger partial charge in [-0.05, 0) is 43.2 Å². The standard InChI is InChI=1S/C19H18N2O/c1-4-11-21-17-8-6-5-7-16(17)20-19(21)13-22-18-12-14(2)9-10-15(18)3/h1,5-10,12H,11,13H2,2-3H3. The molecule has 0 aliphatic heterocycles. The molecule has 0 bridgehead atoms. The van der Waals surface area contributed by atoms with Gasteiger partial charge < -0.3 is 9.30 Å². The minimum absolute atomic E-state index is 0.403. The van der Waals surface area contributed by atoms with Crippen molar-refractivity contribution in [3.63, 3.8) is 0 Å². The first-order valence-electron chi connectivity index (χ1n) is 7.26. The van der Waals surface area contributed by atoms with Gasteiger partial charge >= 0.3 is 0 Å². The summed E-state index contributed by atoms with van der Waals surface area (Å²) in [4.78, 5) is 4.64. The summed E-state index contributed by atoms with van der Waals surface area (Å²) in [7, 11) is 0. The van der Waals surface area contributed by atoms with E-state index in [0.717, 1.165) is 28.2 Å². The topological polar surface area (TPSA) is 27.1 Å². The molecule has 0 spiro atoms. The van der Waals surface area contributed by atoms with Crippen molar-refractivity contribution < 1.29 is 4.74 Å². The Morgan fingerprint density at radius 2 is 2.00 bits per heavy atom. The normalized spacial score (nSPS) is 10.6. The third-order valence-corrected chi connectivity index (χ3v) is 3.68. The third kappa shape index (κ3) is 2.68. The van der Waals surface area contributed by atoms with Crippen LogP contribution in [-0.4, -0.2) is 9.55 Å². The predicted octanol–water partition coefficient (Wildman–Crippen LogP) is 3.87. The summed E-state index contributed by atoms with van der Waals surface area (Å²) in [5, 5.41) is 0. The highest BCUT2D eigenvalue weighted by Gasteiger charge is 2.10. The van der Waals surface area contributed by atoms with Gasteiger partial charge in [-0.2, -0.15) is 0 Å². The summed E-state index contributed by atoms with van der Waals surface area (Å²) < 4.78 is 8.00. The summed E-state index contributed by atoms with van der Waals surface area (Å²) in [6, 6.07) is 14.2. The lowest BCUT2D eigenvalue weighted by atomic mass is 10.1.